The third kappa shape index (κ3) is 3.00. The van der Waals surface area contributed by atoms with Crippen molar-refractivity contribution in [3.8, 4) is 0 Å². The van der Waals surface area contributed by atoms with Crippen LogP contribution in [0.4, 0.5) is 11.4 Å². The van der Waals surface area contributed by atoms with Gasteiger partial charge >= 0.3 is 0 Å². The normalized spacial score (nSPS) is 12.2. The van der Waals surface area contributed by atoms with Crippen molar-refractivity contribution in [3.63, 3.8) is 0 Å². The molecule has 1 heterocycles. The van der Waals surface area contributed by atoms with E-state index < -0.39 is 4.92 Å². The lowest BCUT2D eigenvalue weighted by Crippen LogP contribution is -2.09. The molecule has 0 aliphatic heterocycles. The van der Waals surface area contributed by atoms with Gasteiger partial charge in [0.05, 0.1) is 16.7 Å². The number of nitro groups is 1. The van der Waals surface area contributed by atoms with Gasteiger partial charge in [-0.1, -0.05) is 11.6 Å². The first-order chi connectivity index (χ1) is 9.81. The molecule has 0 amide bonds. The molecule has 0 bridgehead atoms. The highest BCUT2D eigenvalue weighted by Crippen LogP contribution is 2.30. The highest BCUT2D eigenvalue weighted by atomic mass is 35.5. The summed E-state index contributed by atoms with van der Waals surface area (Å²) < 4.78 is 1.83. The second-order valence-electron chi connectivity index (χ2n) is 5.00. The van der Waals surface area contributed by atoms with Crippen LogP contribution < -0.4 is 5.32 Å². The second-order valence-corrected chi connectivity index (χ2v) is 5.40. The molecular weight excluding hydrogens is 292 g/mol. The summed E-state index contributed by atoms with van der Waals surface area (Å²) in [5.41, 5.74) is 3.65. The molecule has 0 spiro atoms. The van der Waals surface area contributed by atoms with Gasteiger partial charge in [0.1, 0.15) is 5.02 Å². The molecule has 0 saturated carbocycles. The zero-order valence-electron chi connectivity index (χ0n) is 12.3. The Morgan fingerprint density at radius 3 is 2.62 bits per heavy atom. The number of anilines is 1. The van der Waals surface area contributed by atoms with Crippen molar-refractivity contribution in [1.82, 2.24) is 9.78 Å². The zero-order chi connectivity index (χ0) is 15.7. The summed E-state index contributed by atoms with van der Waals surface area (Å²) in [5, 5.41) is 18.7. The van der Waals surface area contributed by atoms with E-state index in [1.54, 1.807) is 6.07 Å². The van der Waals surface area contributed by atoms with E-state index in [1.165, 1.54) is 12.1 Å². The fourth-order valence-corrected chi connectivity index (χ4v) is 2.67. The Balaban J connectivity index is 2.29. The monoisotopic (exact) mass is 308 g/mol. The van der Waals surface area contributed by atoms with Crippen molar-refractivity contribution in [2.75, 3.05) is 5.32 Å². The van der Waals surface area contributed by atoms with E-state index in [-0.39, 0.29) is 16.8 Å². The number of aromatic nitrogens is 2. The molecule has 7 heteroatoms. The fourth-order valence-electron chi connectivity index (χ4n) is 2.48. The van der Waals surface area contributed by atoms with Gasteiger partial charge in [-0.2, -0.15) is 5.10 Å². The van der Waals surface area contributed by atoms with Crippen LogP contribution in [-0.2, 0) is 7.05 Å². The lowest BCUT2D eigenvalue weighted by Gasteiger charge is -2.16. The predicted octanol–water partition coefficient (Wildman–Crippen LogP) is 3.77. The number of nitrogens with zero attached hydrogens (tertiary/aromatic N) is 3. The van der Waals surface area contributed by atoms with E-state index in [9.17, 15) is 10.1 Å². The van der Waals surface area contributed by atoms with Gasteiger partial charge in [0, 0.05) is 30.1 Å². The van der Waals surface area contributed by atoms with Crippen LogP contribution in [-0.4, -0.2) is 14.7 Å². The predicted molar refractivity (Wildman–Crippen MR) is 82.8 cm³/mol. The Kier molecular flexibility index (Phi) is 4.18. The summed E-state index contributed by atoms with van der Waals surface area (Å²) in [7, 11) is 1.89. The number of benzene rings is 1. The lowest BCUT2D eigenvalue weighted by molar-refractivity contribution is -0.384. The van der Waals surface area contributed by atoms with E-state index in [1.807, 2.05) is 32.5 Å². The van der Waals surface area contributed by atoms with Crippen LogP contribution >= 0.6 is 11.6 Å². The van der Waals surface area contributed by atoms with Crippen LogP contribution in [0.15, 0.2) is 18.2 Å². The number of nitrogens with one attached hydrogen (secondary N) is 1. The van der Waals surface area contributed by atoms with Gasteiger partial charge < -0.3 is 5.32 Å². The lowest BCUT2D eigenvalue weighted by atomic mass is 10.1. The Labute approximate surface area is 127 Å². The standard InChI is InChI=1S/C14H17ClN4O2/c1-8(14-9(2)17-18(4)10(14)3)16-11-5-6-12(15)13(7-11)19(20)21/h5-8,16H,1-4H3. The van der Waals surface area contributed by atoms with Crippen LogP contribution in [0, 0.1) is 24.0 Å². The van der Waals surface area contributed by atoms with Crippen LogP contribution in [0.25, 0.3) is 0 Å². The second kappa shape index (κ2) is 5.73. The Morgan fingerprint density at radius 2 is 2.10 bits per heavy atom. The maximum absolute atomic E-state index is 10.9. The summed E-state index contributed by atoms with van der Waals surface area (Å²) in [6, 6.07) is 4.68. The average molecular weight is 309 g/mol. The first kappa shape index (κ1) is 15.3. The van der Waals surface area contributed by atoms with Gasteiger partial charge in [0.15, 0.2) is 0 Å². The molecule has 1 unspecified atom stereocenters. The number of rotatable bonds is 4. The molecule has 21 heavy (non-hydrogen) atoms. The molecule has 0 fully saturated rings. The van der Waals surface area contributed by atoms with Gasteiger partial charge in [-0.05, 0) is 32.9 Å². The molecule has 0 aliphatic carbocycles. The minimum absolute atomic E-state index is 0.0144. The van der Waals surface area contributed by atoms with E-state index in [0.29, 0.717) is 5.69 Å². The van der Waals surface area contributed by atoms with E-state index in [4.69, 9.17) is 11.6 Å². The van der Waals surface area contributed by atoms with Gasteiger partial charge in [0.2, 0.25) is 0 Å². The molecule has 0 radical (unpaired) electrons. The van der Waals surface area contributed by atoms with E-state index in [0.717, 1.165) is 17.0 Å². The molecular formula is C14H17ClN4O2. The summed E-state index contributed by atoms with van der Waals surface area (Å²) in [4.78, 5) is 10.4. The SMILES string of the molecule is Cc1nn(C)c(C)c1C(C)Nc1ccc(Cl)c([N+](=O)[O-])c1. The van der Waals surface area contributed by atoms with Gasteiger partial charge in [-0.25, -0.2) is 0 Å². The molecule has 1 N–H and O–H groups in total. The van der Waals surface area contributed by atoms with Crippen LogP contribution in [0.2, 0.25) is 5.02 Å². The first-order valence-electron chi connectivity index (χ1n) is 6.51. The van der Waals surface area contributed by atoms with Gasteiger partial charge in [-0.15, -0.1) is 0 Å². The number of halogens is 1. The number of hydrogen-bond donors (Lipinski definition) is 1. The van der Waals surface area contributed by atoms with Crippen molar-refractivity contribution < 1.29 is 4.92 Å². The van der Waals surface area contributed by atoms with Crippen LogP contribution in [0.5, 0.6) is 0 Å². The minimum atomic E-state index is -0.487. The Bertz CT molecular complexity index is 697. The summed E-state index contributed by atoms with van der Waals surface area (Å²) in [6.45, 7) is 5.94. The topological polar surface area (TPSA) is 73.0 Å². The Hall–Kier alpha value is -2.08. The maximum atomic E-state index is 10.9. The average Bonchev–Trinajstić information content (AvgIpc) is 2.65. The van der Waals surface area contributed by atoms with Gasteiger partial charge in [-0.3, -0.25) is 14.8 Å². The molecule has 6 nitrogen and oxygen atoms in total. The summed E-state index contributed by atoms with van der Waals surface area (Å²) in [6.07, 6.45) is 0. The fraction of sp³-hybridized carbons (Fsp3) is 0.357. The third-order valence-corrected chi connectivity index (χ3v) is 3.84. The van der Waals surface area contributed by atoms with Crippen molar-refractivity contribution in [2.24, 2.45) is 7.05 Å². The molecule has 112 valence electrons. The first-order valence-corrected chi connectivity index (χ1v) is 6.89. The van der Waals surface area contributed by atoms with Gasteiger partial charge in [0.25, 0.3) is 5.69 Å². The largest absolute Gasteiger partial charge is 0.378 e. The maximum Gasteiger partial charge on any atom is 0.289 e. The zero-order valence-corrected chi connectivity index (χ0v) is 13.1. The molecule has 1 atom stereocenters. The van der Waals surface area contributed by atoms with Crippen molar-refractivity contribution in [1.29, 1.82) is 0 Å². The van der Waals surface area contributed by atoms with Crippen molar-refractivity contribution >= 4 is 23.0 Å². The molecule has 0 saturated heterocycles. The van der Waals surface area contributed by atoms with Crippen molar-refractivity contribution in [3.05, 3.63) is 50.3 Å². The molecule has 2 rings (SSSR count). The number of hydrogen-bond acceptors (Lipinski definition) is 4. The highest BCUT2D eigenvalue weighted by Gasteiger charge is 2.18. The van der Waals surface area contributed by atoms with E-state index >= 15 is 0 Å². The molecule has 1 aromatic heterocycles. The van der Waals surface area contributed by atoms with Crippen LogP contribution in [0.1, 0.15) is 29.9 Å². The van der Waals surface area contributed by atoms with Crippen LogP contribution in [0.3, 0.4) is 0 Å². The molecule has 2 aromatic rings. The number of nitro benzene ring substituents is 1. The highest BCUT2D eigenvalue weighted by molar-refractivity contribution is 6.32. The third-order valence-electron chi connectivity index (χ3n) is 3.52. The minimum Gasteiger partial charge on any atom is -0.378 e. The molecule has 1 aromatic carbocycles. The Morgan fingerprint density at radius 1 is 1.43 bits per heavy atom. The summed E-state index contributed by atoms with van der Waals surface area (Å²) >= 11 is 5.82. The smallest absolute Gasteiger partial charge is 0.289 e. The quantitative estimate of drug-likeness (QED) is 0.689. The van der Waals surface area contributed by atoms with E-state index in [2.05, 4.69) is 10.4 Å². The molecule has 0 aliphatic rings. The number of aryl methyl sites for hydroxylation is 2. The summed E-state index contributed by atoms with van der Waals surface area (Å²) in [5.74, 6) is 0. The van der Waals surface area contributed by atoms with Crippen molar-refractivity contribution in [2.45, 2.75) is 26.8 Å².